The molecule has 0 N–H and O–H groups in total. The fourth-order valence-electron chi connectivity index (χ4n) is 2.27. The second-order valence-corrected chi connectivity index (χ2v) is 5.39. The number of carbonyl (C=O) groups is 1. The van der Waals surface area contributed by atoms with E-state index < -0.39 is 6.61 Å². The summed E-state index contributed by atoms with van der Waals surface area (Å²) in [6.45, 7) is -0.739. The second-order valence-electron chi connectivity index (χ2n) is 5.39. The molecule has 128 valence electrons. The van der Waals surface area contributed by atoms with Crippen molar-refractivity contribution in [3.05, 3.63) is 59.2 Å². The van der Waals surface area contributed by atoms with Crippen LogP contribution in [0.25, 0.3) is 0 Å². The lowest BCUT2D eigenvalue weighted by molar-refractivity contribution is -0.0512. The average Bonchev–Trinajstić information content (AvgIpc) is 2.54. The third kappa shape index (κ3) is 4.44. The maximum absolute atomic E-state index is 12.5. The third-order valence-electron chi connectivity index (χ3n) is 3.51. The Labute approximate surface area is 139 Å². The van der Waals surface area contributed by atoms with Crippen LogP contribution in [0.4, 0.5) is 8.78 Å². The molecule has 0 aliphatic heterocycles. The predicted molar refractivity (Wildman–Crippen MR) is 86.6 cm³/mol. The number of hydrogen-bond acceptors (Lipinski definition) is 3. The molecule has 24 heavy (non-hydrogen) atoms. The molecule has 6 heteroatoms. The lowest BCUT2D eigenvalue weighted by Crippen LogP contribution is -2.26. The van der Waals surface area contributed by atoms with Gasteiger partial charge >= 0.3 is 6.61 Å². The molecule has 0 aliphatic rings. The van der Waals surface area contributed by atoms with Crippen LogP contribution in [0.5, 0.6) is 11.5 Å². The van der Waals surface area contributed by atoms with Crippen LogP contribution >= 0.6 is 0 Å². The first kappa shape index (κ1) is 17.7. The van der Waals surface area contributed by atoms with E-state index in [2.05, 4.69) is 4.74 Å². The molecule has 2 aromatic rings. The number of carbonyl (C=O) groups excluding carboxylic acids is 1. The monoisotopic (exact) mass is 335 g/mol. The first-order valence-electron chi connectivity index (χ1n) is 7.34. The first-order chi connectivity index (χ1) is 11.4. The van der Waals surface area contributed by atoms with E-state index in [1.54, 1.807) is 25.2 Å². The molecule has 0 aromatic heterocycles. The quantitative estimate of drug-likeness (QED) is 0.804. The molecule has 0 radical (unpaired) electrons. The number of alkyl halides is 2. The molecule has 0 fully saturated rings. The summed E-state index contributed by atoms with van der Waals surface area (Å²) in [5.41, 5.74) is 2.30. The Balaban J connectivity index is 2.14. The van der Waals surface area contributed by atoms with E-state index in [4.69, 9.17) is 4.74 Å². The van der Waals surface area contributed by atoms with Crippen molar-refractivity contribution in [3.8, 4) is 11.5 Å². The summed E-state index contributed by atoms with van der Waals surface area (Å²) >= 11 is 0. The molecule has 1 amide bonds. The van der Waals surface area contributed by atoms with Gasteiger partial charge in [0.25, 0.3) is 5.91 Å². The topological polar surface area (TPSA) is 38.8 Å². The van der Waals surface area contributed by atoms with E-state index >= 15 is 0 Å². The summed E-state index contributed by atoms with van der Waals surface area (Å²) < 4.78 is 34.4. The largest absolute Gasteiger partial charge is 0.493 e. The molecule has 0 atom stereocenters. The van der Waals surface area contributed by atoms with E-state index in [0.717, 1.165) is 5.56 Å². The zero-order valence-corrected chi connectivity index (χ0v) is 13.8. The molecular weight excluding hydrogens is 316 g/mol. The van der Waals surface area contributed by atoms with E-state index in [0.29, 0.717) is 11.1 Å². The maximum Gasteiger partial charge on any atom is 0.387 e. The van der Waals surface area contributed by atoms with Gasteiger partial charge in [0.1, 0.15) is 0 Å². The summed E-state index contributed by atoms with van der Waals surface area (Å²) in [4.78, 5) is 13.9. The van der Waals surface area contributed by atoms with Gasteiger partial charge in [0.05, 0.1) is 7.11 Å². The van der Waals surface area contributed by atoms with Gasteiger partial charge in [-0.25, -0.2) is 0 Å². The number of rotatable bonds is 6. The molecule has 4 nitrogen and oxygen atoms in total. The summed E-state index contributed by atoms with van der Waals surface area (Å²) in [6.07, 6.45) is 0. The molecule has 2 rings (SSSR count). The third-order valence-corrected chi connectivity index (χ3v) is 3.51. The van der Waals surface area contributed by atoms with Gasteiger partial charge in [-0.1, -0.05) is 23.8 Å². The van der Waals surface area contributed by atoms with Gasteiger partial charge < -0.3 is 14.4 Å². The van der Waals surface area contributed by atoms with E-state index in [-0.39, 0.29) is 24.0 Å². The Morgan fingerprint density at radius 2 is 1.79 bits per heavy atom. The van der Waals surface area contributed by atoms with Crippen molar-refractivity contribution in [1.29, 1.82) is 0 Å². The van der Waals surface area contributed by atoms with Crippen molar-refractivity contribution in [2.75, 3.05) is 14.2 Å². The minimum atomic E-state index is -2.94. The standard InChI is InChI=1S/C18H19F2NO3/c1-12-4-7-14(8-5-12)17(22)21(2)11-13-6-9-15(23-3)16(10-13)24-18(19)20/h4-10,18H,11H2,1-3H3. The zero-order valence-electron chi connectivity index (χ0n) is 13.8. The van der Waals surface area contributed by atoms with Crippen molar-refractivity contribution in [2.45, 2.75) is 20.1 Å². The lowest BCUT2D eigenvalue weighted by Gasteiger charge is -2.18. The van der Waals surface area contributed by atoms with Gasteiger partial charge in [-0.2, -0.15) is 8.78 Å². The number of benzene rings is 2. The average molecular weight is 335 g/mol. The summed E-state index contributed by atoms with van der Waals surface area (Å²) in [5.74, 6) is 0.00916. The Kier molecular flexibility index (Phi) is 5.73. The van der Waals surface area contributed by atoms with Crippen LogP contribution in [0.15, 0.2) is 42.5 Å². The number of halogens is 2. The summed E-state index contributed by atoms with van der Waals surface area (Å²) in [6, 6.07) is 11.9. The normalized spacial score (nSPS) is 10.6. The van der Waals surface area contributed by atoms with Crippen molar-refractivity contribution in [2.24, 2.45) is 0 Å². The lowest BCUT2D eigenvalue weighted by atomic mass is 10.1. The molecule has 2 aromatic carbocycles. The Morgan fingerprint density at radius 1 is 1.12 bits per heavy atom. The number of amides is 1. The minimum Gasteiger partial charge on any atom is -0.493 e. The predicted octanol–water partition coefficient (Wildman–Crippen LogP) is 3.88. The molecule has 0 heterocycles. The van der Waals surface area contributed by atoms with Crippen LogP contribution in [0.1, 0.15) is 21.5 Å². The Morgan fingerprint density at radius 3 is 2.38 bits per heavy atom. The van der Waals surface area contributed by atoms with Crippen LogP contribution in [-0.2, 0) is 6.54 Å². The van der Waals surface area contributed by atoms with Crippen LogP contribution < -0.4 is 9.47 Å². The molecule has 0 saturated heterocycles. The molecule has 0 saturated carbocycles. The van der Waals surface area contributed by atoms with Crippen LogP contribution in [0.3, 0.4) is 0 Å². The number of methoxy groups -OCH3 is 1. The number of hydrogen-bond donors (Lipinski definition) is 0. The molecule has 0 unspecified atom stereocenters. The molecule has 0 bridgehead atoms. The summed E-state index contributed by atoms with van der Waals surface area (Å²) in [7, 11) is 3.03. The highest BCUT2D eigenvalue weighted by Gasteiger charge is 2.15. The number of aryl methyl sites for hydroxylation is 1. The zero-order chi connectivity index (χ0) is 17.7. The van der Waals surface area contributed by atoms with Gasteiger partial charge in [-0.3, -0.25) is 4.79 Å². The van der Waals surface area contributed by atoms with Gasteiger partial charge in [-0.15, -0.1) is 0 Å². The van der Waals surface area contributed by atoms with Crippen LogP contribution in [-0.4, -0.2) is 31.6 Å². The highest BCUT2D eigenvalue weighted by molar-refractivity contribution is 5.94. The van der Waals surface area contributed by atoms with Gasteiger partial charge in [-0.05, 0) is 36.8 Å². The first-order valence-corrected chi connectivity index (χ1v) is 7.34. The van der Waals surface area contributed by atoms with Crippen LogP contribution in [0.2, 0.25) is 0 Å². The SMILES string of the molecule is COc1ccc(CN(C)C(=O)c2ccc(C)cc2)cc1OC(F)F. The van der Waals surface area contributed by atoms with E-state index in [9.17, 15) is 13.6 Å². The van der Waals surface area contributed by atoms with E-state index in [1.807, 2.05) is 19.1 Å². The minimum absolute atomic E-state index is 0.0545. The van der Waals surface area contributed by atoms with Gasteiger partial charge in [0.2, 0.25) is 0 Å². The number of ether oxygens (including phenoxy) is 2. The molecule has 0 spiro atoms. The molecular formula is C18H19F2NO3. The van der Waals surface area contributed by atoms with Crippen LogP contribution in [0, 0.1) is 6.92 Å². The number of nitrogens with zero attached hydrogens (tertiary/aromatic N) is 1. The van der Waals surface area contributed by atoms with Crippen molar-refractivity contribution in [1.82, 2.24) is 4.90 Å². The highest BCUT2D eigenvalue weighted by atomic mass is 19.3. The van der Waals surface area contributed by atoms with Gasteiger partial charge in [0, 0.05) is 19.2 Å². The fourth-order valence-corrected chi connectivity index (χ4v) is 2.27. The Bertz CT molecular complexity index is 702. The summed E-state index contributed by atoms with van der Waals surface area (Å²) in [5, 5.41) is 0. The maximum atomic E-state index is 12.5. The smallest absolute Gasteiger partial charge is 0.387 e. The Hall–Kier alpha value is -2.63. The fraction of sp³-hybridized carbons (Fsp3) is 0.278. The van der Waals surface area contributed by atoms with Gasteiger partial charge in [0.15, 0.2) is 11.5 Å². The highest BCUT2D eigenvalue weighted by Crippen LogP contribution is 2.30. The second kappa shape index (κ2) is 7.77. The van der Waals surface area contributed by atoms with Crippen molar-refractivity contribution < 1.29 is 23.0 Å². The van der Waals surface area contributed by atoms with Crippen molar-refractivity contribution >= 4 is 5.91 Å². The van der Waals surface area contributed by atoms with E-state index in [1.165, 1.54) is 24.1 Å². The van der Waals surface area contributed by atoms with Crippen molar-refractivity contribution in [3.63, 3.8) is 0 Å². The molecule has 0 aliphatic carbocycles.